The number of amides is 1. The summed E-state index contributed by atoms with van der Waals surface area (Å²) in [5.74, 6) is 0.288. The Balaban J connectivity index is 2.09. The number of hydrogen-bond acceptors (Lipinski definition) is 2. The normalized spacial score (nSPS) is 11.0. The van der Waals surface area contributed by atoms with E-state index in [9.17, 15) is 4.79 Å². The predicted molar refractivity (Wildman–Crippen MR) is 76.8 cm³/mol. The second kappa shape index (κ2) is 4.94. The summed E-state index contributed by atoms with van der Waals surface area (Å²) >= 11 is 5.56. The number of hydrogen-bond donors (Lipinski definition) is 1. The van der Waals surface area contributed by atoms with Crippen molar-refractivity contribution in [2.45, 2.75) is 0 Å². The largest absolute Gasteiger partial charge is 0.456 e. The first-order chi connectivity index (χ1) is 9.29. The number of carbonyl (C=O) groups is 1. The van der Waals surface area contributed by atoms with Gasteiger partial charge in [0.25, 0.3) is 5.91 Å². The molecule has 3 rings (SSSR count). The Labute approximate surface area is 115 Å². The van der Waals surface area contributed by atoms with Crippen molar-refractivity contribution in [3.63, 3.8) is 0 Å². The SMILES string of the molecule is O=C(NCCCl)c1ccc2oc3ccccc3c2c1. The Kier molecular flexibility index (Phi) is 3.13. The third-order valence-electron chi connectivity index (χ3n) is 3.02. The van der Waals surface area contributed by atoms with Crippen LogP contribution in [0.3, 0.4) is 0 Å². The molecular formula is C15H12ClNO2. The fourth-order valence-electron chi connectivity index (χ4n) is 2.13. The summed E-state index contributed by atoms with van der Waals surface area (Å²) in [5.41, 5.74) is 2.23. The molecule has 1 N–H and O–H groups in total. The monoisotopic (exact) mass is 273 g/mol. The van der Waals surface area contributed by atoms with Crippen molar-refractivity contribution in [1.82, 2.24) is 5.32 Å². The third kappa shape index (κ3) is 2.17. The van der Waals surface area contributed by atoms with Crippen molar-refractivity contribution in [2.75, 3.05) is 12.4 Å². The highest BCUT2D eigenvalue weighted by Crippen LogP contribution is 2.28. The van der Waals surface area contributed by atoms with Crippen molar-refractivity contribution >= 4 is 39.4 Å². The molecule has 1 heterocycles. The maximum absolute atomic E-state index is 11.9. The molecule has 1 amide bonds. The molecule has 4 heteroatoms. The molecule has 0 aliphatic rings. The quantitative estimate of drug-likeness (QED) is 0.742. The highest BCUT2D eigenvalue weighted by atomic mass is 35.5. The number of furan rings is 1. The van der Waals surface area contributed by atoms with E-state index in [-0.39, 0.29) is 5.91 Å². The summed E-state index contributed by atoms with van der Waals surface area (Å²) in [7, 11) is 0. The lowest BCUT2D eigenvalue weighted by Gasteiger charge is -2.02. The highest BCUT2D eigenvalue weighted by molar-refractivity contribution is 6.18. The molecule has 19 heavy (non-hydrogen) atoms. The van der Waals surface area contributed by atoms with Gasteiger partial charge in [-0.3, -0.25) is 4.79 Å². The van der Waals surface area contributed by atoms with Crippen LogP contribution in [0.5, 0.6) is 0 Å². The molecule has 0 saturated carbocycles. The second-order valence-corrected chi connectivity index (χ2v) is 4.63. The smallest absolute Gasteiger partial charge is 0.251 e. The lowest BCUT2D eigenvalue weighted by molar-refractivity contribution is 0.0956. The van der Waals surface area contributed by atoms with E-state index in [2.05, 4.69) is 5.32 Å². The van der Waals surface area contributed by atoms with Crippen LogP contribution in [0.1, 0.15) is 10.4 Å². The van der Waals surface area contributed by atoms with Crippen molar-refractivity contribution < 1.29 is 9.21 Å². The van der Waals surface area contributed by atoms with Crippen molar-refractivity contribution in [3.8, 4) is 0 Å². The summed E-state index contributed by atoms with van der Waals surface area (Å²) < 4.78 is 5.72. The molecule has 0 fully saturated rings. The summed E-state index contributed by atoms with van der Waals surface area (Å²) in [4.78, 5) is 11.9. The minimum atomic E-state index is -0.118. The Morgan fingerprint density at radius 1 is 1.11 bits per heavy atom. The van der Waals surface area contributed by atoms with E-state index < -0.39 is 0 Å². The number of fused-ring (bicyclic) bond motifs is 3. The van der Waals surface area contributed by atoms with Crippen LogP contribution >= 0.6 is 11.6 Å². The van der Waals surface area contributed by atoms with E-state index >= 15 is 0 Å². The summed E-state index contributed by atoms with van der Waals surface area (Å²) in [5, 5.41) is 4.72. The molecule has 0 spiro atoms. The van der Waals surface area contributed by atoms with E-state index in [4.69, 9.17) is 16.0 Å². The number of benzene rings is 2. The first-order valence-electron chi connectivity index (χ1n) is 6.05. The van der Waals surface area contributed by atoms with Gasteiger partial charge in [0.1, 0.15) is 11.2 Å². The lowest BCUT2D eigenvalue weighted by Crippen LogP contribution is -2.25. The maximum Gasteiger partial charge on any atom is 0.251 e. The zero-order valence-corrected chi connectivity index (χ0v) is 10.9. The Hall–Kier alpha value is -2.00. The zero-order chi connectivity index (χ0) is 13.2. The number of carbonyl (C=O) groups excluding carboxylic acids is 1. The number of para-hydroxylation sites is 1. The van der Waals surface area contributed by atoms with Gasteiger partial charge in [-0.1, -0.05) is 18.2 Å². The van der Waals surface area contributed by atoms with E-state index in [1.165, 1.54) is 0 Å². The topological polar surface area (TPSA) is 42.2 Å². The van der Waals surface area contributed by atoms with Crippen LogP contribution in [0.25, 0.3) is 21.9 Å². The molecular weight excluding hydrogens is 262 g/mol. The van der Waals surface area contributed by atoms with Gasteiger partial charge in [-0.05, 0) is 24.3 Å². The molecule has 0 aliphatic carbocycles. The van der Waals surface area contributed by atoms with Crippen LogP contribution in [0.4, 0.5) is 0 Å². The first kappa shape index (κ1) is 12.1. The molecule has 0 radical (unpaired) electrons. The average molecular weight is 274 g/mol. The van der Waals surface area contributed by atoms with Crippen molar-refractivity contribution in [1.29, 1.82) is 0 Å². The number of rotatable bonds is 3. The van der Waals surface area contributed by atoms with Gasteiger partial charge in [-0.25, -0.2) is 0 Å². The predicted octanol–water partition coefficient (Wildman–Crippen LogP) is 3.55. The van der Waals surface area contributed by atoms with Crippen LogP contribution in [0, 0.1) is 0 Å². The molecule has 3 nitrogen and oxygen atoms in total. The third-order valence-corrected chi connectivity index (χ3v) is 3.21. The fraction of sp³-hybridized carbons (Fsp3) is 0.133. The molecule has 0 unspecified atom stereocenters. The maximum atomic E-state index is 11.9. The molecule has 0 atom stereocenters. The van der Waals surface area contributed by atoms with Crippen LogP contribution in [-0.4, -0.2) is 18.3 Å². The number of halogens is 1. The molecule has 96 valence electrons. The van der Waals surface area contributed by atoms with Gasteiger partial charge in [0.2, 0.25) is 0 Å². The van der Waals surface area contributed by atoms with Gasteiger partial charge in [0.15, 0.2) is 0 Å². The number of nitrogens with one attached hydrogen (secondary N) is 1. The van der Waals surface area contributed by atoms with Crippen LogP contribution in [0.15, 0.2) is 46.9 Å². The molecule has 0 saturated heterocycles. The van der Waals surface area contributed by atoms with E-state index in [1.54, 1.807) is 6.07 Å². The van der Waals surface area contributed by atoms with Crippen molar-refractivity contribution in [3.05, 3.63) is 48.0 Å². The zero-order valence-electron chi connectivity index (χ0n) is 10.2. The van der Waals surface area contributed by atoms with Gasteiger partial charge >= 0.3 is 0 Å². The van der Waals surface area contributed by atoms with Crippen molar-refractivity contribution in [2.24, 2.45) is 0 Å². The van der Waals surface area contributed by atoms with E-state index in [1.807, 2.05) is 36.4 Å². The molecule has 0 bridgehead atoms. The molecule has 1 aromatic heterocycles. The van der Waals surface area contributed by atoms with Crippen LogP contribution in [-0.2, 0) is 0 Å². The Morgan fingerprint density at radius 3 is 2.74 bits per heavy atom. The standard InChI is InChI=1S/C15H12ClNO2/c16-7-8-17-15(18)10-5-6-14-12(9-10)11-3-1-2-4-13(11)19-14/h1-6,9H,7-8H2,(H,17,18). The average Bonchev–Trinajstić information content (AvgIpc) is 2.82. The summed E-state index contributed by atoms with van der Waals surface area (Å²) in [6.07, 6.45) is 0. The summed E-state index contributed by atoms with van der Waals surface area (Å²) in [6.45, 7) is 0.463. The minimum Gasteiger partial charge on any atom is -0.456 e. The van der Waals surface area contributed by atoms with Gasteiger partial charge in [0.05, 0.1) is 0 Å². The van der Waals surface area contributed by atoms with E-state index in [0.29, 0.717) is 18.0 Å². The van der Waals surface area contributed by atoms with E-state index in [0.717, 1.165) is 21.9 Å². The Morgan fingerprint density at radius 2 is 1.89 bits per heavy atom. The van der Waals surface area contributed by atoms with Gasteiger partial charge in [-0.15, -0.1) is 11.6 Å². The van der Waals surface area contributed by atoms with Crippen LogP contribution in [0.2, 0.25) is 0 Å². The van der Waals surface area contributed by atoms with Gasteiger partial charge < -0.3 is 9.73 Å². The second-order valence-electron chi connectivity index (χ2n) is 4.25. The molecule has 2 aromatic carbocycles. The van der Waals surface area contributed by atoms with Crippen LogP contribution < -0.4 is 5.32 Å². The lowest BCUT2D eigenvalue weighted by atomic mass is 10.1. The first-order valence-corrected chi connectivity index (χ1v) is 6.58. The minimum absolute atomic E-state index is 0.118. The molecule has 3 aromatic rings. The molecule has 0 aliphatic heterocycles. The van der Waals surface area contributed by atoms with Gasteiger partial charge in [0, 0.05) is 28.8 Å². The Bertz CT molecular complexity index is 748. The summed E-state index contributed by atoms with van der Waals surface area (Å²) in [6, 6.07) is 13.2. The highest BCUT2D eigenvalue weighted by Gasteiger charge is 2.10. The van der Waals surface area contributed by atoms with Gasteiger partial charge in [-0.2, -0.15) is 0 Å². The number of alkyl halides is 1. The fourth-order valence-corrected chi connectivity index (χ4v) is 2.22.